The van der Waals surface area contributed by atoms with E-state index in [0.29, 0.717) is 11.4 Å². The number of carbonyl (C=O) groups is 2. The van der Waals surface area contributed by atoms with E-state index in [1.165, 1.54) is 29.2 Å². The first-order valence-corrected chi connectivity index (χ1v) is 9.56. The molecule has 7 nitrogen and oxygen atoms in total. The summed E-state index contributed by atoms with van der Waals surface area (Å²) in [7, 11) is 0. The fourth-order valence-corrected chi connectivity index (χ4v) is 3.20. The average molecular weight is 429 g/mol. The highest BCUT2D eigenvalue weighted by Crippen LogP contribution is 2.42. The van der Waals surface area contributed by atoms with Crippen molar-refractivity contribution in [1.29, 1.82) is 0 Å². The first-order valence-electron chi connectivity index (χ1n) is 9.56. The number of hydrogen-bond acceptors (Lipinski definition) is 4. The lowest BCUT2D eigenvalue weighted by Crippen LogP contribution is -2.33. The minimum absolute atomic E-state index is 0.0296. The second-order valence-corrected chi connectivity index (χ2v) is 7.15. The van der Waals surface area contributed by atoms with Gasteiger partial charge in [-0.3, -0.25) is 14.6 Å². The number of alkyl halides is 3. The first-order chi connectivity index (χ1) is 14.8. The van der Waals surface area contributed by atoms with Crippen LogP contribution in [0.4, 0.5) is 18.9 Å². The zero-order chi connectivity index (χ0) is 22.0. The van der Waals surface area contributed by atoms with E-state index >= 15 is 0 Å². The van der Waals surface area contributed by atoms with Crippen LogP contribution in [0.2, 0.25) is 0 Å². The van der Waals surface area contributed by atoms with Gasteiger partial charge in [0, 0.05) is 12.1 Å². The number of nitrogens with one attached hydrogen (secondary N) is 2. The molecule has 10 heteroatoms. The second-order valence-electron chi connectivity index (χ2n) is 7.15. The fraction of sp³-hybridized carbons (Fsp3) is 0.238. The monoisotopic (exact) mass is 429 g/mol. The van der Waals surface area contributed by atoms with E-state index in [-0.39, 0.29) is 23.7 Å². The van der Waals surface area contributed by atoms with E-state index in [4.69, 9.17) is 0 Å². The minimum Gasteiger partial charge on any atom is -0.343 e. The fourth-order valence-electron chi connectivity index (χ4n) is 3.20. The first kappa shape index (κ1) is 20.6. The van der Waals surface area contributed by atoms with E-state index in [9.17, 15) is 22.8 Å². The highest BCUT2D eigenvalue weighted by molar-refractivity contribution is 6.00. The summed E-state index contributed by atoms with van der Waals surface area (Å²) < 4.78 is 40.6. The maximum Gasteiger partial charge on any atom is 0.416 e. The number of carbonyl (C=O) groups excluding carboxylic acids is 2. The standard InChI is InChI=1S/C21H18F3N5O2/c22-21(23,24)14-3-1-5-16(9-14)29-19(13-6-7-13)17(11-27-29)20(31)26-12-18(30)28-15-4-2-8-25-10-15/h1-5,8-11,13H,6-7,12H2,(H,26,31)(H,28,30). The molecule has 2 amide bonds. The van der Waals surface area contributed by atoms with Crippen LogP contribution in [0.1, 0.15) is 40.4 Å². The van der Waals surface area contributed by atoms with Crippen LogP contribution in [0.5, 0.6) is 0 Å². The molecule has 0 radical (unpaired) electrons. The quantitative estimate of drug-likeness (QED) is 0.628. The molecule has 0 saturated heterocycles. The van der Waals surface area contributed by atoms with Gasteiger partial charge >= 0.3 is 6.18 Å². The van der Waals surface area contributed by atoms with Crippen LogP contribution in [-0.4, -0.2) is 33.1 Å². The molecule has 1 aliphatic rings. The summed E-state index contributed by atoms with van der Waals surface area (Å²) in [6, 6.07) is 8.13. The molecule has 160 valence electrons. The summed E-state index contributed by atoms with van der Waals surface area (Å²) in [4.78, 5) is 28.6. The molecule has 2 heterocycles. The van der Waals surface area contributed by atoms with Crippen molar-refractivity contribution in [2.24, 2.45) is 0 Å². The minimum atomic E-state index is -4.48. The Balaban J connectivity index is 1.51. The van der Waals surface area contributed by atoms with Crippen LogP contribution in [-0.2, 0) is 11.0 Å². The van der Waals surface area contributed by atoms with Crippen molar-refractivity contribution in [3.05, 3.63) is 71.8 Å². The number of benzene rings is 1. The average Bonchev–Trinajstić information content (AvgIpc) is 3.50. The summed E-state index contributed by atoms with van der Waals surface area (Å²) in [5.41, 5.74) is 0.724. The molecule has 0 spiro atoms. The Labute approximate surface area is 175 Å². The van der Waals surface area contributed by atoms with Crippen molar-refractivity contribution >= 4 is 17.5 Å². The van der Waals surface area contributed by atoms with Crippen molar-refractivity contribution in [3.8, 4) is 5.69 Å². The lowest BCUT2D eigenvalue weighted by atomic mass is 10.1. The maximum absolute atomic E-state index is 13.1. The van der Waals surface area contributed by atoms with Crippen LogP contribution in [0, 0.1) is 0 Å². The Morgan fingerprint density at radius 1 is 1.13 bits per heavy atom. The van der Waals surface area contributed by atoms with Gasteiger partial charge < -0.3 is 10.6 Å². The summed E-state index contributed by atoms with van der Waals surface area (Å²) in [6.07, 6.45) is 1.51. The van der Waals surface area contributed by atoms with E-state index < -0.39 is 23.6 Å². The SMILES string of the molecule is O=C(CNC(=O)c1cnn(-c2cccc(C(F)(F)F)c2)c1C1CC1)Nc1cccnc1. The van der Waals surface area contributed by atoms with Gasteiger partial charge in [-0.15, -0.1) is 0 Å². The zero-order valence-corrected chi connectivity index (χ0v) is 16.2. The van der Waals surface area contributed by atoms with Crippen molar-refractivity contribution in [1.82, 2.24) is 20.1 Å². The number of halogens is 3. The smallest absolute Gasteiger partial charge is 0.343 e. The number of amides is 2. The Morgan fingerprint density at radius 2 is 1.94 bits per heavy atom. The predicted molar refractivity (Wildman–Crippen MR) is 106 cm³/mol. The predicted octanol–water partition coefficient (Wildman–Crippen LogP) is 3.53. The Morgan fingerprint density at radius 3 is 2.61 bits per heavy atom. The van der Waals surface area contributed by atoms with Crippen LogP contribution in [0.25, 0.3) is 5.69 Å². The van der Waals surface area contributed by atoms with Crippen LogP contribution < -0.4 is 10.6 Å². The molecule has 1 aliphatic carbocycles. The van der Waals surface area contributed by atoms with E-state index in [1.54, 1.807) is 18.3 Å². The largest absolute Gasteiger partial charge is 0.416 e. The maximum atomic E-state index is 13.1. The third-order valence-electron chi connectivity index (χ3n) is 4.79. The van der Waals surface area contributed by atoms with E-state index in [0.717, 1.165) is 25.0 Å². The van der Waals surface area contributed by atoms with Gasteiger partial charge in [-0.2, -0.15) is 18.3 Å². The number of nitrogens with zero attached hydrogens (tertiary/aromatic N) is 3. The Bertz CT molecular complexity index is 1110. The number of rotatable bonds is 6. The van der Waals surface area contributed by atoms with Crippen molar-refractivity contribution in [2.45, 2.75) is 24.9 Å². The van der Waals surface area contributed by atoms with Gasteiger partial charge in [0.2, 0.25) is 5.91 Å². The molecule has 4 rings (SSSR count). The van der Waals surface area contributed by atoms with Gasteiger partial charge in [-0.05, 0) is 43.2 Å². The molecular formula is C21H18F3N5O2. The number of hydrogen-bond donors (Lipinski definition) is 2. The van der Waals surface area contributed by atoms with Gasteiger partial charge in [0.15, 0.2) is 0 Å². The molecule has 0 unspecified atom stereocenters. The molecule has 31 heavy (non-hydrogen) atoms. The van der Waals surface area contributed by atoms with Gasteiger partial charge in [0.1, 0.15) is 0 Å². The highest BCUT2D eigenvalue weighted by Gasteiger charge is 2.34. The lowest BCUT2D eigenvalue weighted by molar-refractivity contribution is -0.137. The second kappa shape index (κ2) is 8.21. The third-order valence-corrected chi connectivity index (χ3v) is 4.79. The molecule has 2 aromatic heterocycles. The molecule has 1 aromatic carbocycles. The van der Waals surface area contributed by atoms with Gasteiger partial charge in [-0.25, -0.2) is 4.68 Å². The van der Waals surface area contributed by atoms with E-state index in [1.807, 2.05) is 0 Å². The molecule has 3 aromatic rings. The molecule has 1 saturated carbocycles. The summed E-state index contributed by atoms with van der Waals surface area (Å²) in [5, 5.41) is 9.31. The molecule has 0 aliphatic heterocycles. The van der Waals surface area contributed by atoms with E-state index in [2.05, 4.69) is 20.7 Å². The molecule has 1 fully saturated rings. The molecular weight excluding hydrogens is 411 g/mol. The highest BCUT2D eigenvalue weighted by atomic mass is 19.4. The van der Waals surface area contributed by atoms with Crippen molar-refractivity contribution in [3.63, 3.8) is 0 Å². The van der Waals surface area contributed by atoms with Crippen molar-refractivity contribution < 1.29 is 22.8 Å². The summed E-state index contributed by atoms with van der Waals surface area (Å²) in [6.45, 7) is -0.271. The van der Waals surface area contributed by atoms with Crippen LogP contribution in [0.3, 0.4) is 0 Å². The normalized spacial score (nSPS) is 13.6. The van der Waals surface area contributed by atoms with Crippen LogP contribution in [0.15, 0.2) is 55.0 Å². The van der Waals surface area contributed by atoms with Crippen LogP contribution >= 0.6 is 0 Å². The van der Waals surface area contributed by atoms with Gasteiger partial charge in [-0.1, -0.05) is 6.07 Å². The Hall–Kier alpha value is -3.69. The lowest BCUT2D eigenvalue weighted by Gasteiger charge is -2.12. The number of aromatic nitrogens is 3. The number of anilines is 1. The van der Waals surface area contributed by atoms with Gasteiger partial charge in [0.05, 0.1) is 47.1 Å². The summed E-state index contributed by atoms with van der Waals surface area (Å²) >= 11 is 0. The third kappa shape index (κ3) is 4.73. The molecule has 0 atom stereocenters. The molecule has 0 bridgehead atoms. The molecule has 2 N–H and O–H groups in total. The zero-order valence-electron chi connectivity index (χ0n) is 16.2. The topological polar surface area (TPSA) is 88.9 Å². The van der Waals surface area contributed by atoms with Gasteiger partial charge in [0.25, 0.3) is 5.91 Å². The summed E-state index contributed by atoms with van der Waals surface area (Å²) in [5.74, 6) is -0.914. The number of pyridine rings is 1. The van der Waals surface area contributed by atoms with Crippen molar-refractivity contribution in [2.75, 3.05) is 11.9 Å². The Kier molecular flexibility index (Phi) is 5.45.